The van der Waals surface area contributed by atoms with Gasteiger partial charge in [0.2, 0.25) is 0 Å². The first kappa shape index (κ1) is 12.4. The molecule has 0 radical (unpaired) electrons. The molecule has 1 aromatic heterocycles. The Morgan fingerprint density at radius 2 is 1.94 bits per heavy atom. The summed E-state index contributed by atoms with van der Waals surface area (Å²) in [5, 5.41) is 13.1. The summed E-state index contributed by atoms with van der Waals surface area (Å²) in [6, 6.07) is 13.0. The van der Waals surface area contributed by atoms with E-state index < -0.39 is 6.10 Å². The summed E-state index contributed by atoms with van der Waals surface area (Å²) in [6.45, 7) is 2.35. The van der Waals surface area contributed by atoms with Crippen molar-refractivity contribution in [3.63, 3.8) is 0 Å². The first-order chi connectivity index (χ1) is 8.65. The number of nitrogen functional groups attached to an aromatic ring is 1. The number of aryl methyl sites for hydroxylation is 1. The maximum Gasteiger partial charge on any atom is 0.126 e. The molecule has 0 saturated carbocycles. The van der Waals surface area contributed by atoms with Gasteiger partial charge in [-0.25, -0.2) is 4.98 Å². The van der Waals surface area contributed by atoms with Crippen LogP contribution in [0.15, 0.2) is 42.5 Å². The van der Waals surface area contributed by atoms with E-state index in [0.29, 0.717) is 12.2 Å². The molecule has 0 bridgehead atoms. The molecule has 0 saturated heterocycles. The van der Waals surface area contributed by atoms with Crippen molar-refractivity contribution in [3.05, 3.63) is 53.7 Å². The molecule has 0 aliphatic carbocycles. The van der Waals surface area contributed by atoms with E-state index in [-0.39, 0.29) is 0 Å². The van der Waals surface area contributed by atoms with E-state index in [1.165, 1.54) is 0 Å². The molecular formula is C14H17N3O. The molecule has 0 aliphatic heterocycles. The number of aliphatic hydroxyl groups is 1. The topological polar surface area (TPSA) is 71.2 Å². The third-order valence-electron chi connectivity index (χ3n) is 2.69. The Hall–Kier alpha value is -2.07. The van der Waals surface area contributed by atoms with Gasteiger partial charge in [-0.1, -0.05) is 18.2 Å². The van der Waals surface area contributed by atoms with Crippen molar-refractivity contribution in [3.8, 4) is 0 Å². The average molecular weight is 243 g/mol. The minimum absolute atomic E-state index is 0.417. The number of anilines is 2. The van der Waals surface area contributed by atoms with E-state index in [1.54, 1.807) is 12.1 Å². The van der Waals surface area contributed by atoms with Gasteiger partial charge in [0.05, 0.1) is 6.10 Å². The molecule has 2 rings (SSSR count). The van der Waals surface area contributed by atoms with E-state index in [9.17, 15) is 5.11 Å². The molecule has 0 amide bonds. The molecule has 2 aromatic rings. The van der Waals surface area contributed by atoms with Crippen LogP contribution in [0.3, 0.4) is 0 Å². The lowest BCUT2D eigenvalue weighted by Crippen LogP contribution is -2.13. The summed E-state index contributed by atoms with van der Waals surface area (Å²) in [6.07, 6.45) is -0.576. The predicted molar refractivity (Wildman–Crippen MR) is 73.3 cm³/mol. The third kappa shape index (κ3) is 3.21. The van der Waals surface area contributed by atoms with Crippen LogP contribution in [0.25, 0.3) is 0 Å². The Bertz CT molecular complexity index is 511. The lowest BCUT2D eigenvalue weighted by atomic mass is 10.1. The van der Waals surface area contributed by atoms with E-state index >= 15 is 0 Å². The number of hydrogen-bond donors (Lipinski definition) is 3. The molecule has 0 fully saturated rings. The number of nitrogens with two attached hydrogens (primary N) is 1. The lowest BCUT2D eigenvalue weighted by molar-refractivity contribution is 0.191. The Kier molecular flexibility index (Phi) is 3.79. The van der Waals surface area contributed by atoms with Gasteiger partial charge in [0, 0.05) is 17.9 Å². The van der Waals surface area contributed by atoms with Crippen LogP contribution in [0, 0.1) is 6.92 Å². The minimum Gasteiger partial charge on any atom is -0.399 e. The highest BCUT2D eigenvalue weighted by molar-refractivity contribution is 5.40. The van der Waals surface area contributed by atoms with Gasteiger partial charge in [-0.2, -0.15) is 0 Å². The number of nitrogens with zero attached hydrogens (tertiary/aromatic N) is 1. The van der Waals surface area contributed by atoms with Gasteiger partial charge in [-0.15, -0.1) is 0 Å². The SMILES string of the molecule is Cc1cccc(NCC(O)c2ccc(N)cc2)n1. The number of nitrogens with one attached hydrogen (secondary N) is 1. The number of rotatable bonds is 4. The summed E-state index contributed by atoms with van der Waals surface area (Å²) < 4.78 is 0. The van der Waals surface area contributed by atoms with Crippen molar-refractivity contribution in [1.29, 1.82) is 0 Å². The summed E-state index contributed by atoms with van der Waals surface area (Å²) in [7, 11) is 0. The number of pyridine rings is 1. The highest BCUT2D eigenvalue weighted by atomic mass is 16.3. The summed E-state index contributed by atoms with van der Waals surface area (Å²) in [5.41, 5.74) is 8.08. The first-order valence-corrected chi connectivity index (χ1v) is 5.86. The number of aliphatic hydroxyl groups excluding tert-OH is 1. The molecule has 4 N–H and O–H groups in total. The maximum atomic E-state index is 10.0. The van der Waals surface area contributed by atoms with Gasteiger partial charge in [0.25, 0.3) is 0 Å². The number of benzene rings is 1. The van der Waals surface area contributed by atoms with Crippen LogP contribution < -0.4 is 11.1 Å². The van der Waals surface area contributed by atoms with Crippen LogP contribution in [0.5, 0.6) is 0 Å². The molecule has 0 aliphatic rings. The fourth-order valence-electron chi connectivity index (χ4n) is 1.68. The molecule has 1 unspecified atom stereocenters. The molecule has 1 heterocycles. The van der Waals surface area contributed by atoms with Crippen LogP contribution in [-0.2, 0) is 0 Å². The second-order valence-corrected chi connectivity index (χ2v) is 4.23. The Morgan fingerprint density at radius 3 is 2.61 bits per heavy atom. The van der Waals surface area contributed by atoms with Crippen molar-refractivity contribution < 1.29 is 5.11 Å². The summed E-state index contributed by atoms with van der Waals surface area (Å²) >= 11 is 0. The second-order valence-electron chi connectivity index (χ2n) is 4.23. The average Bonchev–Trinajstić information content (AvgIpc) is 2.37. The fourth-order valence-corrected chi connectivity index (χ4v) is 1.68. The molecule has 18 heavy (non-hydrogen) atoms. The van der Waals surface area contributed by atoms with Crippen molar-refractivity contribution >= 4 is 11.5 Å². The zero-order valence-electron chi connectivity index (χ0n) is 10.3. The number of hydrogen-bond acceptors (Lipinski definition) is 4. The standard InChI is InChI=1S/C14H17N3O/c1-10-3-2-4-14(17-10)16-9-13(18)11-5-7-12(15)8-6-11/h2-8,13,18H,9,15H2,1H3,(H,16,17). The quantitative estimate of drug-likeness (QED) is 0.719. The Balaban J connectivity index is 1.96. The monoisotopic (exact) mass is 243 g/mol. The molecule has 4 nitrogen and oxygen atoms in total. The van der Waals surface area contributed by atoms with E-state index in [0.717, 1.165) is 17.1 Å². The zero-order valence-corrected chi connectivity index (χ0v) is 10.3. The minimum atomic E-state index is -0.576. The second kappa shape index (κ2) is 5.51. The van der Waals surface area contributed by atoms with Gasteiger partial charge < -0.3 is 16.2 Å². The Morgan fingerprint density at radius 1 is 1.22 bits per heavy atom. The lowest BCUT2D eigenvalue weighted by Gasteiger charge is -2.13. The highest BCUT2D eigenvalue weighted by Crippen LogP contribution is 2.15. The van der Waals surface area contributed by atoms with Gasteiger partial charge in [0.1, 0.15) is 5.82 Å². The number of aromatic nitrogens is 1. The predicted octanol–water partition coefficient (Wildman–Crippen LogP) is 2.12. The first-order valence-electron chi connectivity index (χ1n) is 5.86. The van der Waals surface area contributed by atoms with E-state index in [4.69, 9.17) is 5.73 Å². The normalized spacial score (nSPS) is 12.1. The van der Waals surface area contributed by atoms with Crippen LogP contribution in [-0.4, -0.2) is 16.6 Å². The molecular weight excluding hydrogens is 226 g/mol. The van der Waals surface area contributed by atoms with Crippen molar-refractivity contribution in [2.75, 3.05) is 17.6 Å². The van der Waals surface area contributed by atoms with Gasteiger partial charge in [-0.05, 0) is 36.8 Å². The van der Waals surface area contributed by atoms with Crippen LogP contribution >= 0.6 is 0 Å². The third-order valence-corrected chi connectivity index (χ3v) is 2.69. The van der Waals surface area contributed by atoms with E-state index in [2.05, 4.69) is 10.3 Å². The molecule has 1 atom stereocenters. The molecule has 1 aromatic carbocycles. The van der Waals surface area contributed by atoms with Crippen molar-refractivity contribution in [2.24, 2.45) is 0 Å². The van der Waals surface area contributed by atoms with Crippen molar-refractivity contribution in [2.45, 2.75) is 13.0 Å². The van der Waals surface area contributed by atoms with Gasteiger partial charge in [0.15, 0.2) is 0 Å². The van der Waals surface area contributed by atoms with Crippen LogP contribution in [0.1, 0.15) is 17.4 Å². The van der Waals surface area contributed by atoms with Crippen LogP contribution in [0.4, 0.5) is 11.5 Å². The smallest absolute Gasteiger partial charge is 0.126 e. The summed E-state index contributed by atoms with van der Waals surface area (Å²) in [5.74, 6) is 0.768. The van der Waals surface area contributed by atoms with Crippen molar-refractivity contribution in [1.82, 2.24) is 4.98 Å². The van der Waals surface area contributed by atoms with Gasteiger partial charge >= 0.3 is 0 Å². The van der Waals surface area contributed by atoms with Gasteiger partial charge in [-0.3, -0.25) is 0 Å². The molecule has 4 heteroatoms. The molecule has 94 valence electrons. The largest absolute Gasteiger partial charge is 0.399 e. The van der Waals surface area contributed by atoms with Crippen LogP contribution in [0.2, 0.25) is 0 Å². The zero-order chi connectivity index (χ0) is 13.0. The summed E-state index contributed by atoms with van der Waals surface area (Å²) in [4.78, 5) is 4.31. The highest BCUT2D eigenvalue weighted by Gasteiger charge is 2.07. The maximum absolute atomic E-state index is 10.0. The van der Waals surface area contributed by atoms with E-state index in [1.807, 2.05) is 37.3 Å². The fraction of sp³-hybridized carbons (Fsp3) is 0.214. The Labute approximate surface area is 106 Å². The molecule has 0 spiro atoms.